The molecular weight excluding hydrogens is 348 g/mol. The minimum Gasteiger partial charge on any atom is -0.487 e. The number of hydrogen-bond acceptors (Lipinski definition) is 3. The third kappa shape index (κ3) is 4.45. The van der Waals surface area contributed by atoms with Crippen LogP contribution in [0, 0.1) is 18.6 Å². The summed E-state index contributed by atoms with van der Waals surface area (Å²) in [6, 6.07) is 11.6. The molecule has 0 aliphatic carbocycles. The molecular formula is C19H14ClF2NO2. The lowest BCUT2D eigenvalue weighted by atomic mass is 10.2. The van der Waals surface area contributed by atoms with E-state index in [0.29, 0.717) is 23.1 Å². The van der Waals surface area contributed by atoms with E-state index in [1.54, 1.807) is 18.3 Å². The molecule has 0 amide bonds. The molecule has 0 bridgehead atoms. The van der Waals surface area contributed by atoms with E-state index in [0.717, 1.165) is 23.4 Å². The molecule has 0 aliphatic heterocycles. The van der Waals surface area contributed by atoms with Gasteiger partial charge in [-0.3, -0.25) is 4.98 Å². The Labute approximate surface area is 148 Å². The quantitative estimate of drug-likeness (QED) is 0.584. The van der Waals surface area contributed by atoms with Crippen molar-refractivity contribution in [2.24, 2.45) is 0 Å². The van der Waals surface area contributed by atoms with E-state index in [9.17, 15) is 8.78 Å². The number of ether oxygens (including phenoxy) is 2. The highest BCUT2D eigenvalue weighted by atomic mass is 35.5. The molecule has 128 valence electrons. The molecule has 0 spiro atoms. The molecule has 0 saturated carbocycles. The molecule has 3 nitrogen and oxygen atoms in total. The zero-order valence-corrected chi connectivity index (χ0v) is 14.1. The van der Waals surface area contributed by atoms with E-state index >= 15 is 0 Å². The van der Waals surface area contributed by atoms with Gasteiger partial charge in [0, 0.05) is 29.6 Å². The van der Waals surface area contributed by atoms with Crippen molar-refractivity contribution < 1.29 is 18.3 Å². The number of rotatable bonds is 5. The average molecular weight is 362 g/mol. The summed E-state index contributed by atoms with van der Waals surface area (Å²) >= 11 is 6.18. The average Bonchev–Trinajstić information content (AvgIpc) is 2.58. The van der Waals surface area contributed by atoms with E-state index < -0.39 is 11.6 Å². The standard InChI is InChI=1S/C19H14ClF2NO2/c1-12-2-3-13(10-23-12)11-24-18-7-5-15(9-16(18)20)25-19-6-4-14(21)8-17(19)22/h2-10H,11H2,1H3. The molecule has 0 unspecified atom stereocenters. The Kier molecular flexibility index (Phi) is 5.14. The van der Waals surface area contributed by atoms with Crippen molar-refractivity contribution in [2.45, 2.75) is 13.5 Å². The molecule has 0 saturated heterocycles. The molecule has 1 heterocycles. The largest absolute Gasteiger partial charge is 0.487 e. The van der Waals surface area contributed by atoms with Crippen molar-refractivity contribution in [2.75, 3.05) is 0 Å². The molecule has 6 heteroatoms. The second-order valence-corrected chi connectivity index (χ2v) is 5.77. The summed E-state index contributed by atoms with van der Waals surface area (Å²) in [7, 11) is 0. The SMILES string of the molecule is Cc1ccc(COc2ccc(Oc3ccc(F)cc3F)cc2Cl)cn1. The van der Waals surface area contributed by atoms with Gasteiger partial charge in [-0.05, 0) is 37.3 Å². The number of nitrogens with zero attached hydrogens (tertiary/aromatic N) is 1. The Bertz CT molecular complexity index is 885. The Morgan fingerprint density at radius 1 is 1.00 bits per heavy atom. The Morgan fingerprint density at radius 2 is 1.80 bits per heavy atom. The first-order valence-corrected chi connectivity index (χ1v) is 7.86. The second kappa shape index (κ2) is 7.49. The van der Waals surface area contributed by atoms with Crippen molar-refractivity contribution in [1.82, 2.24) is 4.98 Å². The van der Waals surface area contributed by atoms with Crippen LogP contribution in [0.15, 0.2) is 54.7 Å². The Morgan fingerprint density at radius 3 is 2.48 bits per heavy atom. The lowest BCUT2D eigenvalue weighted by molar-refractivity contribution is 0.305. The normalized spacial score (nSPS) is 10.6. The summed E-state index contributed by atoms with van der Waals surface area (Å²) in [5, 5.41) is 0.320. The minimum absolute atomic E-state index is 0.0862. The zero-order valence-electron chi connectivity index (χ0n) is 13.3. The van der Waals surface area contributed by atoms with Crippen molar-refractivity contribution in [1.29, 1.82) is 0 Å². The van der Waals surface area contributed by atoms with Crippen LogP contribution in [-0.4, -0.2) is 4.98 Å². The van der Waals surface area contributed by atoms with Gasteiger partial charge in [0.15, 0.2) is 11.6 Å². The molecule has 0 N–H and O–H groups in total. The topological polar surface area (TPSA) is 31.4 Å². The molecule has 0 fully saturated rings. The van der Waals surface area contributed by atoms with Gasteiger partial charge in [-0.15, -0.1) is 0 Å². The molecule has 0 atom stereocenters. The molecule has 3 rings (SSSR count). The van der Waals surface area contributed by atoms with Crippen LogP contribution in [0.25, 0.3) is 0 Å². The summed E-state index contributed by atoms with van der Waals surface area (Å²) < 4.78 is 37.6. The fourth-order valence-corrected chi connectivity index (χ4v) is 2.32. The smallest absolute Gasteiger partial charge is 0.168 e. The van der Waals surface area contributed by atoms with Gasteiger partial charge in [-0.1, -0.05) is 17.7 Å². The van der Waals surface area contributed by atoms with Crippen LogP contribution >= 0.6 is 11.6 Å². The number of aryl methyl sites for hydroxylation is 1. The van der Waals surface area contributed by atoms with Crippen molar-refractivity contribution >= 4 is 11.6 Å². The van der Waals surface area contributed by atoms with Gasteiger partial charge in [-0.25, -0.2) is 8.78 Å². The third-order valence-electron chi connectivity index (χ3n) is 3.39. The maximum Gasteiger partial charge on any atom is 0.168 e. The first kappa shape index (κ1) is 17.2. The first-order chi connectivity index (χ1) is 12.0. The van der Waals surface area contributed by atoms with Crippen LogP contribution in [0.4, 0.5) is 8.78 Å². The van der Waals surface area contributed by atoms with E-state index in [-0.39, 0.29) is 5.75 Å². The van der Waals surface area contributed by atoms with Crippen LogP contribution in [0.2, 0.25) is 5.02 Å². The summed E-state index contributed by atoms with van der Waals surface area (Å²) in [6.45, 7) is 2.23. The molecule has 2 aromatic carbocycles. The van der Waals surface area contributed by atoms with Gasteiger partial charge in [0.1, 0.15) is 23.9 Å². The number of aromatic nitrogens is 1. The first-order valence-electron chi connectivity index (χ1n) is 7.48. The minimum atomic E-state index is -0.789. The maximum atomic E-state index is 13.6. The molecule has 1 aromatic heterocycles. The van der Waals surface area contributed by atoms with E-state index in [1.165, 1.54) is 12.1 Å². The molecule has 0 aliphatic rings. The van der Waals surface area contributed by atoms with Crippen LogP contribution < -0.4 is 9.47 Å². The van der Waals surface area contributed by atoms with Gasteiger partial charge in [0.2, 0.25) is 0 Å². The Balaban J connectivity index is 1.68. The predicted octanol–water partition coefficient (Wildman–Crippen LogP) is 5.69. The van der Waals surface area contributed by atoms with Crippen LogP contribution in [0.5, 0.6) is 17.2 Å². The summed E-state index contributed by atoms with van der Waals surface area (Å²) in [5.41, 5.74) is 1.84. The summed E-state index contributed by atoms with van der Waals surface area (Å²) in [4.78, 5) is 4.19. The lowest BCUT2D eigenvalue weighted by Gasteiger charge is -2.11. The van der Waals surface area contributed by atoms with Crippen LogP contribution in [-0.2, 0) is 6.61 Å². The van der Waals surface area contributed by atoms with E-state index in [2.05, 4.69) is 4.98 Å². The van der Waals surface area contributed by atoms with Crippen molar-refractivity contribution in [3.8, 4) is 17.2 Å². The molecule has 3 aromatic rings. The Hall–Kier alpha value is -2.66. The number of benzene rings is 2. The van der Waals surface area contributed by atoms with Gasteiger partial charge < -0.3 is 9.47 Å². The number of halogens is 3. The lowest BCUT2D eigenvalue weighted by Crippen LogP contribution is -1.97. The summed E-state index contributed by atoms with van der Waals surface area (Å²) in [6.07, 6.45) is 1.73. The maximum absolute atomic E-state index is 13.6. The molecule has 25 heavy (non-hydrogen) atoms. The molecule has 0 radical (unpaired) electrons. The number of hydrogen-bond donors (Lipinski definition) is 0. The zero-order chi connectivity index (χ0) is 17.8. The van der Waals surface area contributed by atoms with Crippen molar-refractivity contribution in [3.05, 3.63) is 82.6 Å². The van der Waals surface area contributed by atoms with Gasteiger partial charge in [-0.2, -0.15) is 0 Å². The monoisotopic (exact) mass is 361 g/mol. The predicted molar refractivity (Wildman–Crippen MR) is 91.2 cm³/mol. The third-order valence-corrected chi connectivity index (χ3v) is 3.69. The van der Waals surface area contributed by atoms with Crippen LogP contribution in [0.3, 0.4) is 0 Å². The van der Waals surface area contributed by atoms with Gasteiger partial charge in [0.25, 0.3) is 0 Å². The highest BCUT2D eigenvalue weighted by molar-refractivity contribution is 6.32. The highest BCUT2D eigenvalue weighted by Crippen LogP contribution is 2.32. The van der Waals surface area contributed by atoms with E-state index in [4.69, 9.17) is 21.1 Å². The fourth-order valence-electron chi connectivity index (χ4n) is 2.09. The van der Waals surface area contributed by atoms with Gasteiger partial charge >= 0.3 is 0 Å². The van der Waals surface area contributed by atoms with E-state index in [1.807, 2.05) is 19.1 Å². The van der Waals surface area contributed by atoms with Crippen LogP contribution in [0.1, 0.15) is 11.3 Å². The van der Waals surface area contributed by atoms with Crippen molar-refractivity contribution in [3.63, 3.8) is 0 Å². The van der Waals surface area contributed by atoms with Gasteiger partial charge in [0.05, 0.1) is 5.02 Å². The fraction of sp³-hybridized carbons (Fsp3) is 0.105. The second-order valence-electron chi connectivity index (χ2n) is 5.37. The number of pyridine rings is 1. The highest BCUT2D eigenvalue weighted by Gasteiger charge is 2.09. The summed E-state index contributed by atoms with van der Waals surface area (Å²) in [5.74, 6) is -0.758.